The minimum Gasteiger partial charge on any atom is -0.497 e. The number of aromatic nitrogens is 2. The Morgan fingerprint density at radius 3 is 2.69 bits per heavy atom. The van der Waals surface area contributed by atoms with E-state index in [0.717, 1.165) is 11.4 Å². The van der Waals surface area contributed by atoms with Crippen LogP contribution in [0.4, 0.5) is 5.69 Å². The molecule has 29 heavy (non-hydrogen) atoms. The highest BCUT2D eigenvalue weighted by Crippen LogP contribution is 2.22. The number of imidazole rings is 1. The first-order chi connectivity index (χ1) is 14.1. The van der Waals surface area contributed by atoms with E-state index in [1.807, 2.05) is 35.0 Å². The fraction of sp³-hybridized carbons (Fsp3) is 0.190. The van der Waals surface area contributed by atoms with Crippen LogP contribution in [0.3, 0.4) is 0 Å². The lowest BCUT2D eigenvalue weighted by atomic mass is 10.2. The van der Waals surface area contributed by atoms with Crippen molar-refractivity contribution < 1.29 is 19.1 Å². The van der Waals surface area contributed by atoms with Crippen LogP contribution in [0.15, 0.2) is 66.1 Å². The van der Waals surface area contributed by atoms with Crippen LogP contribution in [0.1, 0.15) is 17.3 Å². The highest BCUT2D eigenvalue weighted by atomic mass is 32.2. The lowest BCUT2D eigenvalue weighted by Crippen LogP contribution is -2.15. The zero-order valence-corrected chi connectivity index (χ0v) is 16.9. The molecule has 0 bridgehead atoms. The Hall–Kier alpha value is -3.26. The van der Waals surface area contributed by atoms with Crippen LogP contribution >= 0.6 is 11.8 Å². The van der Waals surface area contributed by atoms with E-state index in [9.17, 15) is 9.59 Å². The van der Waals surface area contributed by atoms with Gasteiger partial charge in [0.1, 0.15) is 5.75 Å². The highest BCUT2D eigenvalue weighted by molar-refractivity contribution is 7.99. The summed E-state index contributed by atoms with van der Waals surface area (Å²) in [6, 6.07) is 14.2. The normalized spacial score (nSPS) is 10.4. The number of carbonyl (C=O) groups is 2. The predicted molar refractivity (Wildman–Crippen MR) is 112 cm³/mol. The number of methoxy groups -OCH3 is 1. The molecule has 0 fully saturated rings. The summed E-state index contributed by atoms with van der Waals surface area (Å²) in [7, 11) is 1.62. The third-order valence-corrected chi connectivity index (χ3v) is 4.91. The largest absolute Gasteiger partial charge is 0.497 e. The van der Waals surface area contributed by atoms with Gasteiger partial charge in [-0.1, -0.05) is 17.8 Å². The molecule has 0 saturated carbocycles. The summed E-state index contributed by atoms with van der Waals surface area (Å²) in [5, 5.41) is 3.49. The Labute approximate surface area is 173 Å². The van der Waals surface area contributed by atoms with Gasteiger partial charge in [0.25, 0.3) is 0 Å². The Kier molecular flexibility index (Phi) is 6.91. The molecule has 1 aromatic heterocycles. The van der Waals surface area contributed by atoms with Gasteiger partial charge < -0.3 is 14.8 Å². The van der Waals surface area contributed by atoms with Crippen LogP contribution in [0.5, 0.6) is 5.75 Å². The summed E-state index contributed by atoms with van der Waals surface area (Å²) in [4.78, 5) is 28.5. The maximum Gasteiger partial charge on any atom is 0.338 e. The average molecular weight is 411 g/mol. The maximum absolute atomic E-state index is 12.3. The molecule has 0 aliphatic heterocycles. The van der Waals surface area contributed by atoms with Crippen LogP contribution in [-0.2, 0) is 9.53 Å². The Balaban J connectivity index is 1.61. The van der Waals surface area contributed by atoms with Gasteiger partial charge in [0.15, 0.2) is 5.16 Å². The molecule has 0 unspecified atom stereocenters. The molecule has 1 heterocycles. The monoisotopic (exact) mass is 411 g/mol. The zero-order valence-electron chi connectivity index (χ0n) is 16.1. The van der Waals surface area contributed by atoms with Gasteiger partial charge in [-0.2, -0.15) is 0 Å². The topological polar surface area (TPSA) is 82.5 Å². The summed E-state index contributed by atoms with van der Waals surface area (Å²) in [5.74, 6) is 0.337. The van der Waals surface area contributed by atoms with E-state index >= 15 is 0 Å². The van der Waals surface area contributed by atoms with Crippen LogP contribution < -0.4 is 10.1 Å². The van der Waals surface area contributed by atoms with E-state index in [1.54, 1.807) is 44.5 Å². The maximum atomic E-state index is 12.3. The van der Waals surface area contributed by atoms with E-state index in [1.165, 1.54) is 11.8 Å². The number of rotatable bonds is 8. The molecule has 150 valence electrons. The molecule has 0 aliphatic carbocycles. The molecular formula is C21H21N3O4S. The smallest absolute Gasteiger partial charge is 0.338 e. The van der Waals surface area contributed by atoms with Gasteiger partial charge in [-0.25, -0.2) is 9.78 Å². The number of hydrogen-bond donors (Lipinski definition) is 1. The van der Waals surface area contributed by atoms with Crippen molar-refractivity contribution >= 4 is 29.3 Å². The second kappa shape index (κ2) is 9.79. The van der Waals surface area contributed by atoms with Crippen molar-refractivity contribution in [1.29, 1.82) is 0 Å². The van der Waals surface area contributed by atoms with E-state index < -0.39 is 5.97 Å². The zero-order chi connectivity index (χ0) is 20.6. The minimum atomic E-state index is -0.417. The molecule has 0 atom stereocenters. The van der Waals surface area contributed by atoms with Gasteiger partial charge >= 0.3 is 5.97 Å². The second-order valence-corrected chi connectivity index (χ2v) is 6.86. The van der Waals surface area contributed by atoms with E-state index in [4.69, 9.17) is 9.47 Å². The van der Waals surface area contributed by atoms with Crippen molar-refractivity contribution in [3.63, 3.8) is 0 Å². The molecule has 1 amide bonds. The van der Waals surface area contributed by atoms with Gasteiger partial charge in [0, 0.05) is 23.8 Å². The van der Waals surface area contributed by atoms with Crippen LogP contribution in [0.25, 0.3) is 5.69 Å². The molecule has 1 N–H and O–H groups in total. The quantitative estimate of drug-likeness (QED) is 0.449. The highest BCUT2D eigenvalue weighted by Gasteiger charge is 2.11. The predicted octanol–water partition coefficient (Wildman–Crippen LogP) is 3.79. The number of thioether (sulfide) groups is 1. The number of carbonyl (C=O) groups excluding carboxylic acids is 2. The molecule has 3 aromatic rings. The van der Waals surface area contributed by atoms with E-state index in [2.05, 4.69) is 10.3 Å². The van der Waals surface area contributed by atoms with Crippen molar-refractivity contribution in [1.82, 2.24) is 9.55 Å². The average Bonchev–Trinajstić information content (AvgIpc) is 3.21. The molecule has 0 aliphatic rings. The first-order valence-electron chi connectivity index (χ1n) is 8.98. The van der Waals surface area contributed by atoms with E-state index in [-0.39, 0.29) is 11.7 Å². The molecule has 0 spiro atoms. The summed E-state index contributed by atoms with van der Waals surface area (Å²) in [6.07, 6.45) is 3.53. The molecule has 0 radical (unpaired) electrons. The van der Waals surface area contributed by atoms with Gasteiger partial charge in [0.2, 0.25) is 5.91 Å². The first kappa shape index (κ1) is 20.5. The minimum absolute atomic E-state index is 0.177. The number of anilines is 1. The summed E-state index contributed by atoms with van der Waals surface area (Å²) in [5.41, 5.74) is 1.86. The van der Waals surface area contributed by atoms with Crippen molar-refractivity contribution in [3.05, 3.63) is 66.5 Å². The van der Waals surface area contributed by atoms with Crippen LogP contribution in [-0.4, -0.2) is 40.9 Å². The van der Waals surface area contributed by atoms with Gasteiger partial charge in [-0.15, -0.1) is 0 Å². The Bertz CT molecular complexity index is 986. The summed E-state index contributed by atoms with van der Waals surface area (Å²) < 4.78 is 12.1. The molecule has 0 saturated heterocycles. The number of amides is 1. The third-order valence-electron chi connectivity index (χ3n) is 3.95. The summed E-state index contributed by atoms with van der Waals surface area (Å²) >= 11 is 1.32. The molecule has 8 heteroatoms. The lowest BCUT2D eigenvalue weighted by molar-refractivity contribution is -0.113. The first-order valence-corrected chi connectivity index (χ1v) is 9.97. The number of nitrogens with zero attached hydrogens (tertiary/aromatic N) is 2. The Morgan fingerprint density at radius 1 is 1.17 bits per heavy atom. The fourth-order valence-electron chi connectivity index (χ4n) is 2.60. The standard InChI is InChI=1S/C21H21N3O4S/c1-3-28-20(26)15-5-4-6-16(13-15)23-19(25)14-29-21-22-11-12-24(21)17-7-9-18(27-2)10-8-17/h4-13H,3,14H2,1-2H3,(H,23,25). The number of benzene rings is 2. The van der Waals surface area contributed by atoms with Crippen molar-refractivity contribution in [3.8, 4) is 11.4 Å². The van der Waals surface area contributed by atoms with Gasteiger partial charge in [0.05, 0.1) is 25.0 Å². The Morgan fingerprint density at radius 2 is 1.97 bits per heavy atom. The number of hydrogen-bond acceptors (Lipinski definition) is 6. The van der Waals surface area contributed by atoms with Crippen LogP contribution in [0, 0.1) is 0 Å². The second-order valence-electron chi connectivity index (χ2n) is 5.92. The van der Waals surface area contributed by atoms with Crippen molar-refractivity contribution in [2.24, 2.45) is 0 Å². The fourth-order valence-corrected chi connectivity index (χ4v) is 3.37. The van der Waals surface area contributed by atoms with Crippen molar-refractivity contribution in [2.75, 3.05) is 24.8 Å². The number of nitrogens with one attached hydrogen (secondary N) is 1. The molecular weight excluding hydrogens is 390 g/mol. The van der Waals surface area contributed by atoms with Crippen molar-refractivity contribution in [2.45, 2.75) is 12.1 Å². The van der Waals surface area contributed by atoms with Crippen LogP contribution in [0.2, 0.25) is 0 Å². The summed E-state index contributed by atoms with van der Waals surface area (Å²) in [6.45, 7) is 2.05. The van der Waals surface area contributed by atoms with Gasteiger partial charge in [-0.05, 0) is 49.4 Å². The molecule has 7 nitrogen and oxygen atoms in total. The molecule has 3 rings (SSSR count). The molecule has 2 aromatic carbocycles. The third kappa shape index (κ3) is 5.39. The van der Waals surface area contributed by atoms with E-state index in [0.29, 0.717) is 23.0 Å². The van der Waals surface area contributed by atoms with Gasteiger partial charge in [-0.3, -0.25) is 9.36 Å². The lowest BCUT2D eigenvalue weighted by Gasteiger charge is -2.09. The number of esters is 1. The number of ether oxygens (including phenoxy) is 2. The SMILES string of the molecule is CCOC(=O)c1cccc(NC(=O)CSc2nccn2-c2ccc(OC)cc2)c1.